The van der Waals surface area contributed by atoms with Crippen LogP contribution in [0.25, 0.3) is 0 Å². The summed E-state index contributed by atoms with van der Waals surface area (Å²) in [6.45, 7) is 1.57. The Balaban J connectivity index is 2.41. The summed E-state index contributed by atoms with van der Waals surface area (Å²) in [4.78, 5) is 14.3. The number of nitrogens with zero attached hydrogens (tertiary/aromatic N) is 4. The second kappa shape index (κ2) is 6.11. The summed E-state index contributed by atoms with van der Waals surface area (Å²) in [6.07, 6.45) is 1.15. The Morgan fingerprint density at radius 1 is 1.52 bits per heavy atom. The first-order chi connectivity index (χ1) is 9.93. The highest BCUT2D eigenvalue weighted by Crippen LogP contribution is 2.23. The average Bonchev–Trinajstić information content (AvgIpc) is 2.78. The topological polar surface area (TPSA) is 93.5 Å². The third-order valence-corrected chi connectivity index (χ3v) is 3.44. The number of rotatable bonds is 4. The molecule has 1 aromatic carbocycles. The number of hydrogen-bond acceptors (Lipinski definition) is 5. The van der Waals surface area contributed by atoms with Gasteiger partial charge in [0.2, 0.25) is 0 Å². The largest absolute Gasteiger partial charge is 0.411 e. The van der Waals surface area contributed by atoms with E-state index in [4.69, 9.17) is 23.2 Å². The molecule has 110 valence electrons. The lowest BCUT2D eigenvalue weighted by Crippen LogP contribution is -2.15. The van der Waals surface area contributed by atoms with Gasteiger partial charge in [0.25, 0.3) is 0 Å². The van der Waals surface area contributed by atoms with Gasteiger partial charge in [-0.25, -0.2) is 9.55 Å². The monoisotopic (exact) mass is 328 g/mol. The van der Waals surface area contributed by atoms with Crippen molar-refractivity contribution in [2.45, 2.75) is 13.5 Å². The van der Waals surface area contributed by atoms with Gasteiger partial charge in [-0.15, -0.1) is 0 Å². The van der Waals surface area contributed by atoms with Gasteiger partial charge in [-0.3, -0.25) is 0 Å². The van der Waals surface area contributed by atoms with E-state index in [-0.39, 0.29) is 23.1 Å². The molecular formula is C12H10Cl2N4O3. The number of oxime groups is 1. The number of hydrogen-bond donors (Lipinski definition) is 1. The second-order valence-electron chi connectivity index (χ2n) is 4.18. The maximum absolute atomic E-state index is 11.0. The molecule has 0 unspecified atom stereocenters. The lowest BCUT2D eigenvalue weighted by molar-refractivity contribution is -0.392. The smallest absolute Gasteiger partial charge is 0.343 e. The first-order valence-corrected chi connectivity index (χ1v) is 6.52. The summed E-state index contributed by atoms with van der Waals surface area (Å²) in [5.41, 5.74) is 0.604. The maximum Gasteiger partial charge on any atom is 0.343 e. The van der Waals surface area contributed by atoms with Gasteiger partial charge in [0.15, 0.2) is 5.82 Å². The van der Waals surface area contributed by atoms with E-state index in [2.05, 4.69) is 10.1 Å². The Hall–Kier alpha value is -2.12. The van der Waals surface area contributed by atoms with E-state index in [1.165, 1.54) is 10.6 Å². The number of aromatic nitrogens is 2. The van der Waals surface area contributed by atoms with Crippen LogP contribution in [0.1, 0.15) is 11.4 Å². The fourth-order valence-corrected chi connectivity index (χ4v) is 2.36. The molecule has 7 nitrogen and oxygen atoms in total. The summed E-state index contributed by atoms with van der Waals surface area (Å²) in [7, 11) is 0. The van der Waals surface area contributed by atoms with E-state index in [1.54, 1.807) is 19.1 Å². The van der Waals surface area contributed by atoms with Crippen LogP contribution in [0, 0.1) is 17.0 Å². The molecular weight excluding hydrogens is 319 g/mol. The van der Waals surface area contributed by atoms with Crippen LogP contribution in [-0.2, 0) is 6.54 Å². The molecule has 0 fully saturated rings. The molecule has 2 rings (SSSR count). The van der Waals surface area contributed by atoms with Crippen LogP contribution in [0.2, 0.25) is 10.0 Å². The molecule has 1 aromatic heterocycles. The lowest BCUT2D eigenvalue weighted by atomic mass is 10.1. The maximum atomic E-state index is 11.0. The van der Waals surface area contributed by atoms with E-state index < -0.39 is 4.92 Å². The van der Waals surface area contributed by atoms with Crippen LogP contribution in [-0.4, -0.2) is 25.4 Å². The van der Waals surface area contributed by atoms with Gasteiger partial charge in [0, 0.05) is 17.5 Å². The Kier molecular flexibility index (Phi) is 4.44. The molecule has 0 radical (unpaired) electrons. The van der Waals surface area contributed by atoms with Crippen molar-refractivity contribution in [1.29, 1.82) is 0 Å². The van der Waals surface area contributed by atoms with Crippen molar-refractivity contribution in [1.82, 2.24) is 9.55 Å². The molecule has 21 heavy (non-hydrogen) atoms. The predicted molar refractivity (Wildman–Crippen MR) is 78.4 cm³/mol. The van der Waals surface area contributed by atoms with Crippen molar-refractivity contribution in [2.75, 3.05) is 0 Å². The van der Waals surface area contributed by atoms with Gasteiger partial charge >= 0.3 is 5.82 Å². The third-order valence-electron chi connectivity index (χ3n) is 2.89. The number of halogens is 2. The standard InChI is InChI=1S/C12H10Cl2N4O3/c1-7-15-5-12(18(20)21)17(7)6-11(16-19)9-3-2-8(13)4-10(9)14/h2-5,19H,6H2,1H3. The molecule has 0 aliphatic carbocycles. The first kappa shape index (κ1) is 15.3. The highest BCUT2D eigenvalue weighted by molar-refractivity contribution is 6.37. The van der Waals surface area contributed by atoms with Crippen molar-refractivity contribution in [3.63, 3.8) is 0 Å². The van der Waals surface area contributed by atoms with Crippen molar-refractivity contribution in [3.8, 4) is 0 Å². The van der Waals surface area contributed by atoms with Gasteiger partial charge in [-0.05, 0) is 23.1 Å². The number of aryl methyl sites for hydroxylation is 1. The molecule has 0 aliphatic heterocycles. The molecule has 0 saturated carbocycles. The first-order valence-electron chi connectivity index (χ1n) is 5.77. The van der Waals surface area contributed by atoms with E-state index in [1.807, 2.05) is 0 Å². The van der Waals surface area contributed by atoms with Gasteiger partial charge in [0.1, 0.15) is 18.5 Å². The van der Waals surface area contributed by atoms with Crippen molar-refractivity contribution >= 4 is 34.7 Å². The van der Waals surface area contributed by atoms with Crippen LogP contribution in [0.15, 0.2) is 29.6 Å². The number of benzene rings is 1. The quantitative estimate of drug-likeness (QED) is 0.403. The molecule has 0 amide bonds. The SMILES string of the molecule is Cc1ncc([N+](=O)[O-])n1CC(=NO)c1ccc(Cl)cc1Cl. The Morgan fingerprint density at radius 2 is 2.24 bits per heavy atom. The van der Waals surface area contributed by atoms with Crippen LogP contribution in [0.4, 0.5) is 5.82 Å². The van der Waals surface area contributed by atoms with E-state index >= 15 is 0 Å². The van der Waals surface area contributed by atoms with Crippen molar-refractivity contribution < 1.29 is 10.1 Å². The van der Waals surface area contributed by atoms with Crippen LogP contribution in [0.5, 0.6) is 0 Å². The Bertz CT molecular complexity index is 727. The van der Waals surface area contributed by atoms with Crippen LogP contribution >= 0.6 is 23.2 Å². The highest BCUT2D eigenvalue weighted by atomic mass is 35.5. The second-order valence-corrected chi connectivity index (χ2v) is 5.02. The molecule has 0 aliphatic rings. The molecule has 9 heteroatoms. The summed E-state index contributed by atoms with van der Waals surface area (Å²) in [6, 6.07) is 4.67. The minimum Gasteiger partial charge on any atom is -0.411 e. The van der Waals surface area contributed by atoms with E-state index in [0.29, 0.717) is 16.4 Å². The molecule has 0 atom stereocenters. The molecule has 1 heterocycles. The zero-order chi connectivity index (χ0) is 15.6. The number of imidazole rings is 1. The van der Waals surface area contributed by atoms with Gasteiger partial charge in [-0.2, -0.15) is 0 Å². The molecule has 0 saturated heterocycles. The minimum absolute atomic E-state index is 0.0417. The van der Waals surface area contributed by atoms with Gasteiger partial charge < -0.3 is 15.3 Å². The predicted octanol–water partition coefficient (Wildman–Crippen LogP) is 3.29. The van der Waals surface area contributed by atoms with E-state index in [9.17, 15) is 15.3 Å². The van der Waals surface area contributed by atoms with Crippen molar-refractivity contribution in [2.24, 2.45) is 5.16 Å². The summed E-state index contributed by atoms with van der Waals surface area (Å²) < 4.78 is 1.32. The molecule has 0 bridgehead atoms. The van der Waals surface area contributed by atoms with E-state index in [0.717, 1.165) is 6.20 Å². The normalized spacial score (nSPS) is 11.7. The zero-order valence-corrected chi connectivity index (χ0v) is 12.3. The zero-order valence-electron chi connectivity index (χ0n) is 10.8. The van der Waals surface area contributed by atoms with Crippen LogP contribution < -0.4 is 0 Å². The fourth-order valence-electron chi connectivity index (χ4n) is 1.84. The Labute approximate surface area is 129 Å². The summed E-state index contributed by atoms with van der Waals surface area (Å²) in [5.74, 6) is 0.228. The summed E-state index contributed by atoms with van der Waals surface area (Å²) in [5, 5.41) is 24.0. The molecule has 2 aromatic rings. The van der Waals surface area contributed by atoms with Gasteiger partial charge in [-0.1, -0.05) is 28.4 Å². The fraction of sp³-hybridized carbons (Fsp3) is 0.167. The third kappa shape index (κ3) is 3.14. The van der Waals surface area contributed by atoms with Gasteiger partial charge in [0.05, 0.1) is 5.02 Å². The van der Waals surface area contributed by atoms with Crippen LogP contribution in [0.3, 0.4) is 0 Å². The summed E-state index contributed by atoms with van der Waals surface area (Å²) >= 11 is 11.9. The highest BCUT2D eigenvalue weighted by Gasteiger charge is 2.21. The molecule has 0 spiro atoms. The average molecular weight is 329 g/mol. The minimum atomic E-state index is -0.557. The molecule has 1 N–H and O–H groups in total. The van der Waals surface area contributed by atoms with Crippen molar-refractivity contribution in [3.05, 3.63) is 55.9 Å². The lowest BCUT2D eigenvalue weighted by Gasteiger charge is -2.07. The number of nitro groups is 1. The Morgan fingerprint density at radius 3 is 2.81 bits per heavy atom.